The zero-order valence-corrected chi connectivity index (χ0v) is 9.39. The van der Waals surface area contributed by atoms with E-state index in [1.165, 1.54) is 45.2 Å². The summed E-state index contributed by atoms with van der Waals surface area (Å²) in [6, 6.07) is 0. The summed E-state index contributed by atoms with van der Waals surface area (Å²) in [5.41, 5.74) is 0. The summed E-state index contributed by atoms with van der Waals surface area (Å²) in [6.07, 6.45) is 6.56. The first-order chi connectivity index (χ1) is 5.91. The van der Waals surface area contributed by atoms with Gasteiger partial charge in [0.15, 0.2) is 0 Å². The fourth-order valence-electron chi connectivity index (χ4n) is 1.10. The van der Waals surface area contributed by atoms with Gasteiger partial charge in [-0.3, -0.25) is 0 Å². The highest BCUT2D eigenvalue weighted by molar-refractivity contribution is 7.13. The molecular weight excluding hydrogens is 167 g/mol. The minimum Gasteiger partial charge on any atom is -0.317 e. The molecule has 0 fully saturated rings. The highest BCUT2D eigenvalue weighted by atomic mass is 31.0. The second-order valence-corrected chi connectivity index (χ2v) is 3.53. The van der Waals surface area contributed by atoms with Crippen LogP contribution in [0.3, 0.4) is 0 Å². The van der Waals surface area contributed by atoms with E-state index in [-0.39, 0.29) is 0 Å². The van der Waals surface area contributed by atoms with Crippen LogP contribution >= 0.6 is 9.39 Å². The maximum Gasteiger partial charge on any atom is -0.00140 e. The molecule has 0 heterocycles. The van der Waals surface area contributed by atoms with E-state index in [1.54, 1.807) is 0 Å². The molecule has 0 amide bonds. The number of rotatable bonds is 9. The Morgan fingerprint density at radius 2 is 1.50 bits per heavy atom. The van der Waals surface area contributed by atoms with E-state index in [4.69, 9.17) is 0 Å². The molecule has 0 rings (SSSR count). The summed E-state index contributed by atoms with van der Waals surface area (Å²) >= 11 is 0. The van der Waals surface area contributed by atoms with Crippen molar-refractivity contribution in [3.63, 3.8) is 0 Å². The van der Waals surface area contributed by atoms with Crippen LogP contribution in [0.2, 0.25) is 0 Å². The molecular formula is C9H23N2P. The Hall–Kier alpha value is 0.350. The van der Waals surface area contributed by atoms with Crippen LogP contribution in [0.4, 0.5) is 0 Å². The largest absolute Gasteiger partial charge is 0.317 e. The Morgan fingerprint density at radius 3 is 2.08 bits per heavy atom. The summed E-state index contributed by atoms with van der Waals surface area (Å²) in [4.78, 5) is 0. The second kappa shape index (κ2) is 11.4. The minimum atomic E-state index is 1.11. The van der Waals surface area contributed by atoms with Crippen LogP contribution in [-0.2, 0) is 0 Å². The van der Waals surface area contributed by atoms with Crippen LogP contribution in [0.5, 0.6) is 0 Å². The first-order valence-electron chi connectivity index (χ1n) is 5.06. The lowest BCUT2D eigenvalue weighted by Crippen LogP contribution is -2.17. The van der Waals surface area contributed by atoms with E-state index in [9.17, 15) is 0 Å². The van der Waals surface area contributed by atoms with Crippen molar-refractivity contribution in [1.82, 2.24) is 10.4 Å². The van der Waals surface area contributed by atoms with Gasteiger partial charge in [0, 0.05) is 0 Å². The highest BCUT2D eigenvalue weighted by Gasteiger charge is 1.88. The molecule has 0 aromatic carbocycles. The van der Waals surface area contributed by atoms with Crippen LogP contribution < -0.4 is 10.4 Å². The Balaban J connectivity index is 2.73. The van der Waals surface area contributed by atoms with Crippen LogP contribution in [-0.4, -0.2) is 19.6 Å². The summed E-state index contributed by atoms with van der Waals surface area (Å²) in [5, 5.41) is 6.51. The monoisotopic (exact) mass is 190 g/mol. The van der Waals surface area contributed by atoms with Crippen LogP contribution in [0.15, 0.2) is 0 Å². The van der Waals surface area contributed by atoms with Crippen molar-refractivity contribution in [2.45, 2.75) is 39.0 Å². The lowest BCUT2D eigenvalue weighted by molar-refractivity contribution is 0.585. The molecule has 74 valence electrons. The normalized spacial score (nSPS) is 10.5. The standard InChI is InChI=1S/C9H23N2P/c1-2-3-4-7-10-8-5-6-9-11-12/h10-11H,2-9,12H2,1H3. The van der Waals surface area contributed by atoms with Crippen molar-refractivity contribution in [2.24, 2.45) is 0 Å². The maximum atomic E-state index is 3.44. The topological polar surface area (TPSA) is 24.1 Å². The maximum absolute atomic E-state index is 3.44. The van der Waals surface area contributed by atoms with Gasteiger partial charge in [-0.25, -0.2) is 0 Å². The van der Waals surface area contributed by atoms with Crippen molar-refractivity contribution in [3.05, 3.63) is 0 Å². The Morgan fingerprint density at radius 1 is 0.917 bits per heavy atom. The summed E-state index contributed by atoms with van der Waals surface area (Å²) in [7, 11) is 2.53. The van der Waals surface area contributed by atoms with Crippen molar-refractivity contribution in [3.8, 4) is 0 Å². The summed E-state index contributed by atoms with van der Waals surface area (Å²) in [6.45, 7) is 5.73. The minimum absolute atomic E-state index is 1.11. The molecule has 0 saturated heterocycles. The van der Waals surface area contributed by atoms with Crippen LogP contribution in [0.25, 0.3) is 0 Å². The Kier molecular flexibility index (Phi) is 11.7. The van der Waals surface area contributed by atoms with Gasteiger partial charge in [0.2, 0.25) is 0 Å². The molecule has 0 radical (unpaired) electrons. The molecule has 0 aliphatic rings. The molecule has 1 unspecified atom stereocenters. The predicted molar refractivity (Wildman–Crippen MR) is 59.3 cm³/mol. The van der Waals surface area contributed by atoms with Gasteiger partial charge in [-0.2, -0.15) is 0 Å². The van der Waals surface area contributed by atoms with Gasteiger partial charge in [-0.15, -0.1) is 0 Å². The SMILES string of the molecule is CCCCCNCCCCNP. The quantitative estimate of drug-likeness (QED) is 0.429. The number of nitrogens with one attached hydrogen (secondary N) is 2. The van der Waals surface area contributed by atoms with E-state index < -0.39 is 0 Å². The summed E-state index contributed by atoms with van der Waals surface area (Å²) in [5.74, 6) is 0. The van der Waals surface area contributed by atoms with Gasteiger partial charge in [-0.05, 0) is 38.9 Å². The molecule has 0 aromatic rings. The molecule has 0 bridgehead atoms. The molecule has 12 heavy (non-hydrogen) atoms. The van der Waals surface area contributed by atoms with E-state index in [0.29, 0.717) is 0 Å². The lowest BCUT2D eigenvalue weighted by Gasteiger charge is -2.03. The van der Waals surface area contributed by atoms with Gasteiger partial charge in [0.1, 0.15) is 0 Å². The average Bonchev–Trinajstić information content (AvgIpc) is 2.10. The number of hydrogen-bond donors (Lipinski definition) is 2. The smallest absolute Gasteiger partial charge is 0.00140 e. The number of unbranched alkanes of at least 4 members (excludes halogenated alkanes) is 3. The summed E-state index contributed by atoms with van der Waals surface area (Å²) < 4.78 is 0. The molecule has 2 N–H and O–H groups in total. The molecule has 2 nitrogen and oxygen atoms in total. The Bertz CT molecular complexity index is 68.9. The molecule has 0 aromatic heterocycles. The first kappa shape index (κ1) is 12.3. The fraction of sp³-hybridized carbons (Fsp3) is 1.00. The first-order valence-corrected chi connectivity index (χ1v) is 5.63. The van der Waals surface area contributed by atoms with Gasteiger partial charge in [-0.1, -0.05) is 29.2 Å². The second-order valence-electron chi connectivity index (χ2n) is 3.12. The van der Waals surface area contributed by atoms with E-state index in [0.717, 1.165) is 6.54 Å². The third-order valence-electron chi connectivity index (χ3n) is 1.88. The molecule has 1 atom stereocenters. The average molecular weight is 190 g/mol. The van der Waals surface area contributed by atoms with Gasteiger partial charge >= 0.3 is 0 Å². The molecule has 3 heteroatoms. The predicted octanol–water partition coefficient (Wildman–Crippen LogP) is 1.93. The van der Waals surface area contributed by atoms with E-state index in [1.807, 2.05) is 0 Å². The van der Waals surface area contributed by atoms with Crippen LogP contribution in [0, 0.1) is 0 Å². The van der Waals surface area contributed by atoms with E-state index >= 15 is 0 Å². The molecule has 0 spiro atoms. The van der Waals surface area contributed by atoms with Gasteiger partial charge in [0.25, 0.3) is 0 Å². The lowest BCUT2D eigenvalue weighted by atomic mass is 10.2. The van der Waals surface area contributed by atoms with E-state index in [2.05, 4.69) is 26.7 Å². The molecule has 0 saturated carbocycles. The van der Waals surface area contributed by atoms with Gasteiger partial charge < -0.3 is 10.4 Å². The fourth-order valence-corrected chi connectivity index (χ4v) is 1.31. The third kappa shape index (κ3) is 10.3. The van der Waals surface area contributed by atoms with Crippen molar-refractivity contribution in [1.29, 1.82) is 0 Å². The zero-order valence-electron chi connectivity index (χ0n) is 8.23. The Labute approximate surface area is 79.1 Å². The molecule has 0 aliphatic carbocycles. The van der Waals surface area contributed by atoms with Crippen molar-refractivity contribution < 1.29 is 0 Å². The number of hydrogen-bond acceptors (Lipinski definition) is 2. The van der Waals surface area contributed by atoms with Crippen molar-refractivity contribution >= 4 is 9.39 Å². The highest BCUT2D eigenvalue weighted by Crippen LogP contribution is 1.91. The van der Waals surface area contributed by atoms with Gasteiger partial charge in [0.05, 0.1) is 0 Å². The molecule has 0 aliphatic heterocycles. The van der Waals surface area contributed by atoms with Crippen molar-refractivity contribution in [2.75, 3.05) is 19.6 Å². The van der Waals surface area contributed by atoms with Crippen LogP contribution in [0.1, 0.15) is 39.0 Å². The third-order valence-corrected chi connectivity index (χ3v) is 2.17. The zero-order chi connectivity index (χ0) is 9.07.